The first-order valence-electron chi connectivity index (χ1n) is 17.7. The summed E-state index contributed by atoms with van der Waals surface area (Å²) >= 11 is 0. The highest BCUT2D eigenvalue weighted by Gasteiger charge is 2.59. The third-order valence-corrected chi connectivity index (χ3v) is 11.4. The summed E-state index contributed by atoms with van der Waals surface area (Å²) in [6.45, 7) is 6.30. The molecule has 1 aromatic rings. The number of ether oxygens (including phenoxy) is 1. The molecule has 43 heavy (non-hydrogen) atoms. The standard InChI is InChI=1S/C37H60FNO4/c1-4-5-6-7-8-9-10-11-12-16-34(42)39(22-23-43-3)21-14-13-15-27-24-28-25-29(40)17-18-30(28)36-32(38)26-37(2)31(35(27)36)19-20-33(37)41/h17-18,25,27,31-33,35-36,40-41H,4-16,19-24,26H2,1-3H3/t27-,31?,32+,33+,35?,36?,37+/m1/s1. The first kappa shape index (κ1) is 34.2. The van der Waals surface area contributed by atoms with Crippen LogP contribution in [0.15, 0.2) is 18.2 Å². The highest BCUT2D eigenvalue weighted by Crippen LogP contribution is 2.63. The number of hydrogen-bond acceptors (Lipinski definition) is 4. The van der Waals surface area contributed by atoms with Gasteiger partial charge in [-0.05, 0) is 91.4 Å². The van der Waals surface area contributed by atoms with Crippen LogP contribution < -0.4 is 0 Å². The van der Waals surface area contributed by atoms with Gasteiger partial charge in [0.2, 0.25) is 5.91 Å². The molecule has 0 saturated heterocycles. The normalized spacial score (nSPS) is 29.6. The average Bonchev–Trinajstić information content (AvgIpc) is 3.28. The van der Waals surface area contributed by atoms with Crippen LogP contribution in [-0.2, 0) is 16.0 Å². The number of benzene rings is 1. The number of nitrogens with zero attached hydrogens (tertiary/aromatic N) is 1. The first-order chi connectivity index (χ1) is 20.8. The van der Waals surface area contributed by atoms with Crippen molar-refractivity contribution in [3.8, 4) is 5.75 Å². The molecule has 0 bridgehead atoms. The molecule has 7 atom stereocenters. The molecule has 0 radical (unpaired) electrons. The molecule has 6 heteroatoms. The minimum Gasteiger partial charge on any atom is -0.508 e. The van der Waals surface area contributed by atoms with E-state index in [1.165, 1.54) is 44.9 Å². The Morgan fingerprint density at radius 3 is 2.47 bits per heavy atom. The lowest BCUT2D eigenvalue weighted by molar-refractivity contribution is -0.132. The highest BCUT2D eigenvalue weighted by atomic mass is 19.1. The van der Waals surface area contributed by atoms with Gasteiger partial charge >= 0.3 is 0 Å². The third kappa shape index (κ3) is 8.54. The molecule has 5 nitrogen and oxygen atoms in total. The van der Waals surface area contributed by atoms with Crippen molar-refractivity contribution in [2.24, 2.45) is 23.2 Å². The van der Waals surface area contributed by atoms with E-state index in [4.69, 9.17) is 4.74 Å². The summed E-state index contributed by atoms with van der Waals surface area (Å²) in [7, 11) is 1.69. The highest BCUT2D eigenvalue weighted by molar-refractivity contribution is 5.76. The van der Waals surface area contributed by atoms with E-state index in [1.807, 2.05) is 17.0 Å². The van der Waals surface area contributed by atoms with E-state index >= 15 is 4.39 Å². The third-order valence-electron chi connectivity index (χ3n) is 11.4. The van der Waals surface area contributed by atoms with Crippen LogP contribution in [0, 0.1) is 23.2 Å². The molecule has 0 heterocycles. The van der Waals surface area contributed by atoms with Crippen LogP contribution >= 0.6 is 0 Å². The Kier molecular flexibility index (Phi) is 13.2. The van der Waals surface area contributed by atoms with Crippen molar-refractivity contribution in [2.45, 2.75) is 141 Å². The van der Waals surface area contributed by atoms with Gasteiger partial charge in [0.05, 0.1) is 12.7 Å². The number of carbonyl (C=O) groups is 1. The second kappa shape index (κ2) is 16.6. The maximum absolute atomic E-state index is 16.0. The number of fused-ring (bicyclic) bond motifs is 5. The summed E-state index contributed by atoms with van der Waals surface area (Å²) < 4.78 is 21.4. The van der Waals surface area contributed by atoms with Crippen LogP contribution in [0.3, 0.4) is 0 Å². The zero-order valence-corrected chi connectivity index (χ0v) is 27.4. The molecule has 3 aliphatic rings. The number of phenols is 1. The van der Waals surface area contributed by atoms with Gasteiger partial charge in [0, 0.05) is 32.5 Å². The van der Waals surface area contributed by atoms with Gasteiger partial charge in [0.1, 0.15) is 11.9 Å². The fourth-order valence-electron chi connectivity index (χ4n) is 9.05. The van der Waals surface area contributed by atoms with Gasteiger partial charge in [-0.15, -0.1) is 0 Å². The lowest BCUT2D eigenvalue weighted by Crippen LogP contribution is -2.51. The predicted molar refractivity (Wildman–Crippen MR) is 172 cm³/mol. The monoisotopic (exact) mass is 601 g/mol. The number of aliphatic hydroxyl groups excluding tert-OH is 1. The molecule has 244 valence electrons. The van der Waals surface area contributed by atoms with Crippen LogP contribution in [0.4, 0.5) is 4.39 Å². The Labute approximate surface area is 261 Å². The van der Waals surface area contributed by atoms with Gasteiger partial charge in [-0.1, -0.05) is 77.7 Å². The minimum absolute atomic E-state index is 0.158. The lowest BCUT2D eigenvalue weighted by atomic mass is 9.51. The Balaban J connectivity index is 1.30. The largest absolute Gasteiger partial charge is 0.508 e. The van der Waals surface area contributed by atoms with Gasteiger partial charge in [-0.25, -0.2) is 4.39 Å². The molecule has 3 unspecified atom stereocenters. The number of halogens is 1. The molecule has 3 aliphatic carbocycles. The fraction of sp³-hybridized carbons (Fsp3) is 0.811. The van der Waals surface area contributed by atoms with Crippen molar-refractivity contribution in [3.63, 3.8) is 0 Å². The number of methoxy groups -OCH3 is 1. The molecule has 2 saturated carbocycles. The van der Waals surface area contributed by atoms with E-state index < -0.39 is 12.3 Å². The summed E-state index contributed by atoms with van der Waals surface area (Å²) in [4.78, 5) is 15.1. The number of carbonyl (C=O) groups excluding carboxylic acids is 1. The Morgan fingerprint density at radius 1 is 1.02 bits per heavy atom. The molecule has 2 N–H and O–H groups in total. The van der Waals surface area contributed by atoms with Gasteiger partial charge < -0.3 is 19.8 Å². The molecular weight excluding hydrogens is 541 g/mol. The van der Waals surface area contributed by atoms with Gasteiger partial charge in [0.25, 0.3) is 0 Å². The molecule has 0 aliphatic heterocycles. The summed E-state index contributed by atoms with van der Waals surface area (Å²) in [5.41, 5.74) is 1.81. The SMILES string of the molecule is CCCCCCCCCCCC(=O)N(CCCC[C@@H]1Cc2cc(O)ccc2C2C1C1CC[C@H](O)[C@@]1(C)C[C@@H]2F)CCOC. The van der Waals surface area contributed by atoms with Gasteiger partial charge in [-0.2, -0.15) is 0 Å². The number of unbranched alkanes of at least 4 members (excludes halogenated alkanes) is 9. The summed E-state index contributed by atoms with van der Waals surface area (Å²) in [5, 5.41) is 21.1. The van der Waals surface area contributed by atoms with Crippen molar-refractivity contribution < 1.29 is 24.1 Å². The second-order valence-electron chi connectivity index (χ2n) is 14.3. The molecule has 1 amide bonds. The van der Waals surface area contributed by atoms with Crippen molar-refractivity contribution >= 4 is 5.91 Å². The maximum Gasteiger partial charge on any atom is 0.222 e. The number of alkyl halides is 1. The van der Waals surface area contributed by atoms with E-state index in [1.54, 1.807) is 13.2 Å². The predicted octanol–water partition coefficient (Wildman–Crippen LogP) is 8.35. The number of amides is 1. The second-order valence-corrected chi connectivity index (χ2v) is 14.3. The molecule has 1 aromatic carbocycles. The Morgan fingerprint density at radius 2 is 1.74 bits per heavy atom. The van der Waals surface area contributed by atoms with E-state index in [0.29, 0.717) is 37.8 Å². The summed E-state index contributed by atoms with van der Waals surface area (Å²) in [5.74, 6) is 1.18. The lowest BCUT2D eigenvalue weighted by Gasteiger charge is -2.54. The molecule has 0 spiro atoms. The van der Waals surface area contributed by atoms with Crippen LogP contribution in [-0.4, -0.2) is 60.1 Å². The number of phenolic OH excluding ortho intramolecular Hbond substituents is 1. The maximum atomic E-state index is 16.0. The minimum atomic E-state index is -0.978. The summed E-state index contributed by atoms with van der Waals surface area (Å²) in [6, 6.07) is 5.51. The van der Waals surface area contributed by atoms with E-state index in [9.17, 15) is 15.0 Å². The molecule has 4 rings (SSSR count). The molecular formula is C37H60FNO4. The zero-order chi connectivity index (χ0) is 30.8. The van der Waals surface area contributed by atoms with Gasteiger partial charge in [0.15, 0.2) is 0 Å². The van der Waals surface area contributed by atoms with E-state index in [0.717, 1.165) is 69.0 Å². The van der Waals surface area contributed by atoms with E-state index in [2.05, 4.69) is 13.8 Å². The van der Waals surface area contributed by atoms with Crippen LogP contribution in [0.5, 0.6) is 5.75 Å². The van der Waals surface area contributed by atoms with Crippen LogP contribution in [0.2, 0.25) is 0 Å². The van der Waals surface area contributed by atoms with Crippen molar-refractivity contribution in [3.05, 3.63) is 29.3 Å². The Bertz CT molecular complexity index is 1000. The summed E-state index contributed by atoms with van der Waals surface area (Å²) in [6.07, 6.45) is 16.3. The Hall–Kier alpha value is -1.66. The smallest absolute Gasteiger partial charge is 0.222 e. The van der Waals surface area contributed by atoms with Gasteiger partial charge in [-0.3, -0.25) is 4.79 Å². The number of aliphatic hydroxyl groups is 1. The molecule has 2 fully saturated rings. The quantitative estimate of drug-likeness (QED) is 0.166. The van der Waals surface area contributed by atoms with Crippen molar-refractivity contribution in [1.82, 2.24) is 4.90 Å². The van der Waals surface area contributed by atoms with Crippen molar-refractivity contribution in [2.75, 3.05) is 26.8 Å². The number of rotatable bonds is 18. The molecule has 0 aromatic heterocycles. The number of aromatic hydroxyl groups is 1. The fourth-order valence-corrected chi connectivity index (χ4v) is 9.05. The van der Waals surface area contributed by atoms with Crippen LogP contribution in [0.25, 0.3) is 0 Å². The van der Waals surface area contributed by atoms with E-state index in [-0.39, 0.29) is 28.9 Å². The van der Waals surface area contributed by atoms with Crippen molar-refractivity contribution in [1.29, 1.82) is 0 Å². The zero-order valence-electron chi connectivity index (χ0n) is 27.4. The topological polar surface area (TPSA) is 70.0 Å². The number of hydrogen-bond donors (Lipinski definition) is 2. The van der Waals surface area contributed by atoms with Crippen LogP contribution in [0.1, 0.15) is 134 Å². The first-order valence-corrected chi connectivity index (χ1v) is 17.7. The average molecular weight is 602 g/mol.